The monoisotopic (exact) mass is 426 g/mol. The van der Waals surface area contributed by atoms with Gasteiger partial charge >= 0.3 is 0 Å². The number of benzene rings is 2. The molecule has 1 aromatic heterocycles. The molecule has 0 radical (unpaired) electrons. The van der Waals surface area contributed by atoms with Crippen molar-refractivity contribution >= 4 is 32.6 Å². The highest BCUT2D eigenvalue weighted by molar-refractivity contribution is 7.89. The number of fused-ring (bicyclic) bond motifs is 2. The molecule has 0 unspecified atom stereocenters. The summed E-state index contributed by atoms with van der Waals surface area (Å²) in [7, 11) is -3.59. The lowest BCUT2D eigenvalue weighted by atomic mass is 10.0. The molecule has 1 amide bonds. The number of nitrogens with one attached hydrogen (secondary N) is 2. The predicted octanol–water partition coefficient (Wildman–Crippen LogP) is 4.18. The number of carbonyl (C=O) groups excluding carboxylic acids is 1. The Balaban J connectivity index is 1.46. The van der Waals surface area contributed by atoms with Crippen molar-refractivity contribution in [2.45, 2.75) is 50.3 Å². The smallest absolute Gasteiger partial charge is 0.240 e. The molecule has 0 aliphatic heterocycles. The molecular formula is C23H26N2O4S. The van der Waals surface area contributed by atoms with Gasteiger partial charge in [-0.3, -0.25) is 4.79 Å². The first-order valence-corrected chi connectivity index (χ1v) is 11.9. The van der Waals surface area contributed by atoms with Gasteiger partial charge in [0.25, 0.3) is 0 Å². The number of carbonyl (C=O) groups is 1. The summed E-state index contributed by atoms with van der Waals surface area (Å²) < 4.78 is 33.1. The Morgan fingerprint density at radius 1 is 1.13 bits per heavy atom. The maximum Gasteiger partial charge on any atom is 0.240 e. The average molecular weight is 427 g/mol. The second kappa shape index (κ2) is 8.62. The second-order valence-corrected chi connectivity index (χ2v) is 9.50. The number of rotatable bonds is 8. The Bertz CT molecular complexity index is 1180. The van der Waals surface area contributed by atoms with Crippen LogP contribution in [0.5, 0.6) is 0 Å². The van der Waals surface area contributed by atoms with Gasteiger partial charge < -0.3 is 9.73 Å². The summed E-state index contributed by atoms with van der Waals surface area (Å²) in [4.78, 5) is 12.8. The van der Waals surface area contributed by atoms with Crippen LogP contribution in [0.2, 0.25) is 0 Å². The highest BCUT2D eigenvalue weighted by Gasteiger charge is 2.18. The highest BCUT2D eigenvalue weighted by Crippen LogP contribution is 2.30. The van der Waals surface area contributed by atoms with E-state index in [1.807, 2.05) is 6.92 Å². The lowest BCUT2D eigenvalue weighted by molar-refractivity contribution is -0.115. The second-order valence-electron chi connectivity index (χ2n) is 7.74. The summed E-state index contributed by atoms with van der Waals surface area (Å²) in [6, 6.07) is 10.5. The van der Waals surface area contributed by atoms with E-state index in [0.29, 0.717) is 12.2 Å². The molecule has 3 aromatic rings. The molecule has 1 heterocycles. The molecule has 6 nitrogen and oxygen atoms in total. The molecular weight excluding hydrogens is 400 g/mol. The topological polar surface area (TPSA) is 88.4 Å². The van der Waals surface area contributed by atoms with E-state index in [2.05, 4.69) is 22.2 Å². The van der Waals surface area contributed by atoms with Crippen LogP contribution >= 0.6 is 0 Å². The molecule has 1 aliphatic carbocycles. The Labute approximate surface area is 176 Å². The zero-order valence-electron chi connectivity index (χ0n) is 17.0. The fourth-order valence-electron chi connectivity index (χ4n) is 3.87. The largest absolute Gasteiger partial charge is 0.464 e. The molecule has 0 saturated carbocycles. The highest BCUT2D eigenvalue weighted by atomic mass is 32.2. The molecule has 2 aromatic carbocycles. The lowest BCUT2D eigenvalue weighted by Crippen LogP contribution is -2.25. The van der Waals surface area contributed by atoms with Gasteiger partial charge in [-0.05, 0) is 67.1 Å². The molecule has 4 rings (SSSR count). The van der Waals surface area contributed by atoms with Gasteiger partial charge in [0.2, 0.25) is 15.9 Å². The number of furan rings is 1. The molecule has 7 heteroatoms. The minimum atomic E-state index is -3.59. The minimum absolute atomic E-state index is 0.140. The number of sulfonamides is 1. The molecule has 0 spiro atoms. The van der Waals surface area contributed by atoms with Gasteiger partial charge in [0, 0.05) is 23.2 Å². The quantitative estimate of drug-likeness (QED) is 0.529. The van der Waals surface area contributed by atoms with E-state index in [0.717, 1.165) is 48.6 Å². The molecule has 0 fully saturated rings. The Morgan fingerprint density at radius 3 is 2.73 bits per heavy atom. The molecule has 30 heavy (non-hydrogen) atoms. The van der Waals surface area contributed by atoms with Crippen LogP contribution in [0.3, 0.4) is 0 Å². The van der Waals surface area contributed by atoms with Crippen LogP contribution in [-0.2, 0) is 34.1 Å². The van der Waals surface area contributed by atoms with Crippen molar-refractivity contribution in [2.24, 2.45) is 0 Å². The Morgan fingerprint density at radius 2 is 1.93 bits per heavy atom. The van der Waals surface area contributed by atoms with Gasteiger partial charge in [-0.1, -0.05) is 19.4 Å². The van der Waals surface area contributed by atoms with E-state index in [1.165, 1.54) is 23.3 Å². The van der Waals surface area contributed by atoms with Gasteiger partial charge in [-0.2, -0.15) is 0 Å². The lowest BCUT2D eigenvalue weighted by Gasteiger charge is -2.09. The van der Waals surface area contributed by atoms with Crippen molar-refractivity contribution < 1.29 is 17.6 Å². The van der Waals surface area contributed by atoms with Crippen LogP contribution in [0.4, 0.5) is 5.69 Å². The molecule has 1 aliphatic rings. The van der Waals surface area contributed by atoms with Gasteiger partial charge in [0.05, 0.1) is 17.6 Å². The normalized spacial score (nSPS) is 13.5. The number of anilines is 1. The fraction of sp³-hybridized carbons (Fsp3) is 0.348. The van der Waals surface area contributed by atoms with Crippen molar-refractivity contribution in [2.75, 3.05) is 11.9 Å². The third-order valence-electron chi connectivity index (χ3n) is 5.47. The number of aryl methyl sites for hydroxylation is 2. The van der Waals surface area contributed by atoms with Crippen molar-refractivity contribution in [3.8, 4) is 0 Å². The van der Waals surface area contributed by atoms with Crippen LogP contribution in [0, 0.1) is 0 Å². The minimum Gasteiger partial charge on any atom is -0.464 e. The van der Waals surface area contributed by atoms with Gasteiger partial charge in [0.1, 0.15) is 5.58 Å². The van der Waals surface area contributed by atoms with E-state index in [4.69, 9.17) is 4.42 Å². The first-order chi connectivity index (χ1) is 14.5. The zero-order valence-corrected chi connectivity index (χ0v) is 17.8. The van der Waals surface area contributed by atoms with E-state index in [1.54, 1.807) is 18.4 Å². The summed E-state index contributed by atoms with van der Waals surface area (Å²) in [5.41, 5.74) is 4.76. The zero-order chi connectivity index (χ0) is 21.1. The SMILES string of the molecule is CCCCNS(=O)(=O)c1cccc(NC(=O)Cc2coc3cc4c(cc23)CCC4)c1. The van der Waals surface area contributed by atoms with Crippen molar-refractivity contribution in [1.82, 2.24) is 4.72 Å². The molecule has 0 saturated heterocycles. The molecule has 0 atom stereocenters. The van der Waals surface area contributed by atoms with Gasteiger partial charge in [0.15, 0.2) is 0 Å². The van der Waals surface area contributed by atoms with Crippen molar-refractivity contribution in [1.29, 1.82) is 0 Å². The predicted molar refractivity (Wildman–Crippen MR) is 117 cm³/mol. The third kappa shape index (κ3) is 4.42. The number of amides is 1. The van der Waals surface area contributed by atoms with Crippen LogP contribution < -0.4 is 10.0 Å². The maximum atomic E-state index is 12.6. The molecule has 0 bridgehead atoms. The van der Waals surface area contributed by atoms with Crippen LogP contribution in [-0.4, -0.2) is 20.9 Å². The first-order valence-electron chi connectivity index (χ1n) is 10.4. The molecule has 2 N–H and O–H groups in total. The average Bonchev–Trinajstić information content (AvgIpc) is 3.33. The summed E-state index contributed by atoms with van der Waals surface area (Å²) in [6.07, 6.45) is 6.78. The number of unbranched alkanes of at least 4 members (excludes halogenated alkanes) is 1. The summed E-state index contributed by atoms with van der Waals surface area (Å²) >= 11 is 0. The van der Waals surface area contributed by atoms with E-state index < -0.39 is 10.0 Å². The maximum absolute atomic E-state index is 12.6. The summed E-state index contributed by atoms with van der Waals surface area (Å²) in [6.45, 7) is 2.40. The van der Waals surface area contributed by atoms with E-state index >= 15 is 0 Å². The van der Waals surface area contributed by atoms with E-state index in [-0.39, 0.29) is 17.2 Å². The van der Waals surface area contributed by atoms with Gasteiger partial charge in [-0.25, -0.2) is 13.1 Å². The van der Waals surface area contributed by atoms with E-state index in [9.17, 15) is 13.2 Å². The fourth-order valence-corrected chi connectivity index (χ4v) is 4.99. The van der Waals surface area contributed by atoms with Crippen LogP contribution in [0.1, 0.15) is 42.9 Å². The van der Waals surface area contributed by atoms with Crippen molar-refractivity contribution in [3.05, 3.63) is 59.4 Å². The number of hydrogen-bond acceptors (Lipinski definition) is 4. The Kier molecular flexibility index (Phi) is 5.92. The summed E-state index contributed by atoms with van der Waals surface area (Å²) in [5.74, 6) is -0.216. The van der Waals surface area contributed by atoms with Crippen LogP contribution in [0.15, 0.2) is 52.0 Å². The third-order valence-corrected chi connectivity index (χ3v) is 6.93. The molecule has 158 valence electrons. The number of hydrogen-bond donors (Lipinski definition) is 2. The van der Waals surface area contributed by atoms with Gasteiger partial charge in [-0.15, -0.1) is 0 Å². The summed E-state index contributed by atoms with van der Waals surface area (Å²) in [5, 5.41) is 3.78. The standard InChI is InChI=1S/C23H26N2O4S/c1-2-3-10-24-30(27,28)20-9-5-8-19(14-20)25-23(26)13-18-15-29-22-12-17-7-4-6-16(17)11-21(18)22/h5,8-9,11-12,14-15,24H,2-4,6-7,10,13H2,1H3,(H,25,26). The van der Waals surface area contributed by atoms with Crippen LogP contribution in [0.25, 0.3) is 11.0 Å². The van der Waals surface area contributed by atoms with Crippen molar-refractivity contribution in [3.63, 3.8) is 0 Å². The first kappa shape index (κ1) is 20.6. The Hall–Kier alpha value is -2.64.